The molecule has 0 saturated heterocycles. The largest absolute Gasteiger partial charge is 0.332 e. The number of para-hydroxylation sites is 1. The van der Waals surface area contributed by atoms with Crippen LogP contribution in [0.25, 0.3) is 16.9 Å². The van der Waals surface area contributed by atoms with Gasteiger partial charge in [0.1, 0.15) is 11.5 Å². The van der Waals surface area contributed by atoms with Gasteiger partial charge >= 0.3 is 0 Å². The van der Waals surface area contributed by atoms with Crippen molar-refractivity contribution in [2.45, 2.75) is 0 Å². The molecule has 2 N–H and O–H groups in total. The Kier molecular flexibility index (Phi) is 5.99. The van der Waals surface area contributed by atoms with Gasteiger partial charge in [-0.2, -0.15) is 5.10 Å². The third-order valence-electron chi connectivity index (χ3n) is 4.28. The molecular formula is C22H15Cl2FN4S. The molecular weight excluding hydrogens is 442 g/mol. The number of rotatable bonds is 4. The molecule has 0 bridgehead atoms. The molecule has 0 amide bonds. The van der Waals surface area contributed by atoms with Crippen LogP contribution in [0.15, 0.2) is 79.0 Å². The van der Waals surface area contributed by atoms with Gasteiger partial charge in [-0.15, -0.1) is 0 Å². The minimum Gasteiger partial charge on any atom is -0.332 e. The zero-order valence-electron chi connectivity index (χ0n) is 15.4. The second-order valence-corrected chi connectivity index (χ2v) is 7.64. The standard InChI is InChI=1S/C22H15Cl2FN4S/c23-15-8-6-14(7-9-15)21-20(13-29(28-21)17-4-2-1-3-5-17)27-22(30)26-16-10-11-18(24)19(25)12-16/h1-13H,(H2,26,27,30). The Bertz CT molecular complexity index is 1190. The molecule has 1 heterocycles. The van der Waals surface area contributed by atoms with Crippen LogP contribution in [0.5, 0.6) is 0 Å². The zero-order valence-corrected chi connectivity index (χ0v) is 17.8. The van der Waals surface area contributed by atoms with Crippen LogP contribution >= 0.6 is 35.4 Å². The van der Waals surface area contributed by atoms with Crippen molar-refractivity contribution in [1.29, 1.82) is 0 Å². The highest BCUT2D eigenvalue weighted by molar-refractivity contribution is 7.80. The van der Waals surface area contributed by atoms with Crippen LogP contribution in [-0.4, -0.2) is 14.9 Å². The van der Waals surface area contributed by atoms with Gasteiger partial charge in [0.25, 0.3) is 0 Å². The van der Waals surface area contributed by atoms with E-state index in [0.717, 1.165) is 11.3 Å². The number of halogens is 3. The van der Waals surface area contributed by atoms with Gasteiger partial charge in [0.2, 0.25) is 0 Å². The summed E-state index contributed by atoms with van der Waals surface area (Å²) in [5.74, 6) is -0.525. The highest BCUT2D eigenvalue weighted by Gasteiger charge is 2.14. The Morgan fingerprint density at radius 2 is 1.67 bits per heavy atom. The van der Waals surface area contributed by atoms with Gasteiger partial charge in [-0.25, -0.2) is 9.07 Å². The molecule has 4 nitrogen and oxygen atoms in total. The second kappa shape index (κ2) is 8.83. The third-order valence-corrected chi connectivity index (χ3v) is 5.04. The molecule has 150 valence electrons. The van der Waals surface area contributed by atoms with Crippen LogP contribution < -0.4 is 10.6 Å². The summed E-state index contributed by atoms with van der Waals surface area (Å²) in [6, 6.07) is 21.5. The highest BCUT2D eigenvalue weighted by Crippen LogP contribution is 2.29. The lowest BCUT2D eigenvalue weighted by Gasteiger charge is -2.11. The summed E-state index contributed by atoms with van der Waals surface area (Å²) in [4.78, 5) is 0. The summed E-state index contributed by atoms with van der Waals surface area (Å²) in [6.07, 6.45) is 1.84. The second-order valence-electron chi connectivity index (χ2n) is 6.39. The van der Waals surface area contributed by atoms with Crippen LogP contribution in [0.4, 0.5) is 15.8 Å². The molecule has 1 aromatic heterocycles. The first-order valence-electron chi connectivity index (χ1n) is 8.94. The van der Waals surface area contributed by atoms with Gasteiger partial charge in [0.05, 0.1) is 22.6 Å². The molecule has 0 spiro atoms. The summed E-state index contributed by atoms with van der Waals surface area (Å²) in [6.45, 7) is 0. The maximum atomic E-state index is 13.7. The molecule has 0 radical (unpaired) electrons. The average Bonchev–Trinajstić information content (AvgIpc) is 3.15. The first-order chi connectivity index (χ1) is 14.5. The van der Waals surface area contributed by atoms with Gasteiger partial charge in [0.15, 0.2) is 5.11 Å². The van der Waals surface area contributed by atoms with Crippen LogP contribution in [0.2, 0.25) is 10.0 Å². The molecule has 0 aliphatic heterocycles. The summed E-state index contributed by atoms with van der Waals surface area (Å²) >= 11 is 17.2. The van der Waals surface area contributed by atoms with Crippen molar-refractivity contribution in [3.05, 3.63) is 94.9 Å². The van der Waals surface area contributed by atoms with Gasteiger partial charge < -0.3 is 10.6 Å². The molecule has 4 rings (SSSR count). The van der Waals surface area contributed by atoms with Crippen LogP contribution in [-0.2, 0) is 0 Å². The topological polar surface area (TPSA) is 41.9 Å². The summed E-state index contributed by atoms with van der Waals surface area (Å²) in [5.41, 5.74) is 3.64. The quantitative estimate of drug-likeness (QED) is 0.331. The van der Waals surface area contributed by atoms with E-state index in [-0.39, 0.29) is 5.02 Å². The van der Waals surface area contributed by atoms with Crippen molar-refractivity contribution in [3.8, 4) is 16.9 Å². The van der Waals surface area contributed by atoms with Crippen LogP contribution in [0.3, 0.4) is 0 Å². The van der Waals surface area contributed by atoms with Crippen molar-refractivity contribution < 1.29 is 4.39 Å². The Balaban J connectivity index is 1.65. The number of anilines is 2. The molecule has 4 aromatic rings. The van der Waals surface area contributed by atoms with E-state index >= 15 is 0 Å². The molecule has 8 heteroatoms. The number of aromatic nitrogens is 2. The van der Waals surface area contributed by atoms with E-state index in [1.807, 2.05) is 48.7 Å². The first kappa shape index (κ1) is 20.3. The zero-order chi connectivity index (χ0) is 21.1. The minimum absolute atomic E-state index is 0.0496. The fraction of sp³-hybridized carbons (Fsp3) is 0. The monoisotopic (exact) mass is 456 g/mol. The third kappa shape index (κ3) is 4.62. The van der Waals surface area contributed by atoms with E-state index in [1.165, 1.54) is 12.1 Å². The van der Waals surface area contributed by atoms with E-state index in [9.17, 15) is 4.39 Å². The SMILES string of the molecule is Fc1cc(NC(=S)Nc2cn(-c3ccccc3)nc2-c2ccc(Cl)cc2)ccc1Cl. The molecule has 0 unspecified atom stereocenters. The van der Waals surface area contributed by atoms with E-state index in [0.29, 0.717) is 27.2 Å². The summed E-state index contributed by atoms with van der Waals surface area (Å²) < 4.78 is 15.5. The van der Waals surface area contributed by atoms with Crippen LogP contribution in [0.1, 0.15) is 0 Å². The highest BCUT2D eigenvalue weighted by atomic mass is 35.5. The fourth-order valence-electron chi connectivity index (χ4n) is 2.86. The molecule has 30 heavy (non-hydrogen) atoms. The maximum Gasteiger partial charge on any atom is 0.175 e. The van der Waals surface area contributed by atoms with Crippen molar-refractivity contribution in [1.82, 2.24) is 9.78 Å². The lowest BCUT2D eigenvalue weighted by Crippen LogP contribution is -2.19. The Hall–Kier alpha value is -2.93. The van der Waals surface area contributed by atoms with Gasteiger partial charge in [0, 0.05) is 16.3 Å². The van der Waals surface area contributed by atoms with E-state index < -0.39 is 5.82 Å². The molecule has 0 aliphatic carbocycles. The number of thiocarbonyl (C=S) groups is 1. The lowest BCUT2D eigenvalue weighted by molar-refractivity contribution is 0.629. The van der Waals surface area contributed by atoms with Crippen LogP contribution in [0, 0.1) is 5.82 Å². The van der Waals surface area contributed by atoms with Gasteiger partial charge in [-0.1, -0.05) is 53.5 Å². The van der Waals surface area contributed by atoms with Gasteiger partial charge in [-0.3, -0.25) is 0 Å². The van der Waals surface area contributed by atoms with Crippen molar-refractivity contribution in [3.63, 3.8) is 0 Å². The first-order valence-corrected chi connectivity index (χ1v) is 10.1. The number of benzene rings is 3. The van der Waals surface area contributed by atoms with E-state index in [1.54, 1.807) is 22.9 Å². The lowest BCUT2D eigenvalue weighted by atomic mass is 10.1. The van der Waals surface area contributed by atoms with Crippen molar-refractivity contribution in [2.24, 2.45) is 0 Å². The number of hydrogen-bond acceptors (Lipinski definition) is 2. The Morgan fingerprint density at radius 1 is 0.933 bits per heavy atom. The van der Waals surface area contributed by atoms with E-state index in [4.69, 9.17) is 40.5 Å². The predicted octanol–water partition coefficient (Wildman–Crippen LogP) is 6.79. The minimum atomic E-state index is -0.525. The summed E-state index contributed by atoms with van der Waals surface area (Å²) in [7, 11) is 0. The molecule has 0 aliphatic rings. The predicted molar refractivity (Wildman–Crippen MR) is 125 cm³/mol. The normalized spacial score (nSPS) is 10.6. The van der Waals surface area contributed by atoms with Crippen molar-refractivity contribution in [2.75, 3.05) is 10.6 Å². The van der Waals surface area contributed by atoms with E-state index in [2.05, 4.69) is 10.6 Å². The van der Waals surface area contributed by atoms with Gasteiger partial charge in [-0.05, 0) is 54.7 Å². The maximum absolute atomic E-state index is 13.7. The Labute approximate surface area is 188 Å². The fourth-order valence-corrected chi connectivity index (χ4v) is 3.33. The number of hydrogen-bond donors (Lipinski definition) is 2. The number of nitrogens with zero attached hydrogens (tertiary/aromatic N) is 2. The van der Waals surface area contributed by atoms with Crippen molar-refractivity contribution >= 4 is 51.9 Å². The average molecular weight is 457 g/mol. The summed E-state index contributed by atoms with van der Waals surface area (Å²) in [5, 5.41) is 11.8. The molecule has 3 aromatic carbocycles. The number of nitrogens with one attached hydrogen (secondary N) is 2. The smallest absolute Gasteiger partial charge is 0.175 e. The Morgan fingerprint density at radius 3 is 2.37 bits per heavy atom. The molecule has 0 atom stereocenters. The molecule has 0 saturated carbocycles. The molecule has 0 fully saturated rings.